The molecule has 2 N–H and O–H groups in total. The van der Waals surface area contributed by atoms with Gasteiger partial charge in [-0.1, -0.05) is 22.4 Å². The summed E-state index contributed by atoms with van der Waals surface area (Å²) in [7, 11) is 0. The van der Waals surface area contributed by atoms with E-state index < -0.39 is 12.0 Å². The molecule has 3 unspecified atom stereocenters. The Balaban J connectivity index is 1.68. The van der Waals surface area contributed by atoms with Crippen LogP contribution in [0.2, 0.25) is 0 Å². The fourth-order valence-corrected chi connectivity index (χ4v) is 4.58. The molecule has 2 aliphatic rings. The maximum absolute atomic E-state index is 12.9. The van der Waals surface area contributed by atoms with Crippen molar-refractivity contribution >= 4 is 38.7 Å². The highest BCUT2D eigenvalue weighted by Crippen LogP contribution is 2.42. The van der Waals surface area contributed by atoms with Gasteiger partial charge < -0.3 is 15.0 Å². The molecule has 4 rings (SSSR count). The van der Waals surface area contributed by atoms with E-state index in [1.807, 2.05) is 18.2 Å². The van der Waals surface area contributed by atoms with Gasteiger partial charge in [0.15, 0.2) is 0 Å². The molecule has 1 amide bonds. The number of nitrogens with zero attached hydrogens (tertiary/aromatic N) is 1. The highest BCUT2D eigenvalue weighted by molar-refractivity contribution is 9.10. The summed E-state index contributed by atoms with van der Waals surface area (Å²) >= 11 is 3.42. The number of benzene rings is 1. The summed E-state index contributed by atoms with van der Waals surface area (Å²) in [5, 5.41) is 10.5. The van der Waals surface area contributed by atoms with Gasteiger partial charge in [0.05, 0.1) is 0 Å². The Bertz CT molecular complexity index is 800. The number of fused-ring (bicyclic) bond motifs is 2. The number of likely N-dealkylation sites (tertiary alicyclic amines) is 1. The molecule has 1 aromatic heterocycles. The normalized spacial score (nSPS) is 26.7. The van der Waals surface area contributed by atoms with Crippen molar-refractivity contribution in [1.82, 2.24) is 9.88 Å². The first kappa shape index (κ1) is 14.8. The lowest BCUT2D eigenvalue weighted by Crippen LogP contribution is -2.43. The molecule has 2 aromatic rings. The molecule has 0 radical (unpaired) electrons. The van der Waals surface area contributed by atoms with Gasteiger partial charge in [-0.2, -0.15) is 0 Å². The van der Waals surface area contributed by atoms with Crippen molar-refractivity contribution in [2.24, 2.45) is 11.8 Å². The van der Waals surface area contributed by atoms with Crippen molar-refractivity contribution < 1.29 is 14.7 Å². The molecule has 2 heterocycles. The van der Waals surface area contributed by atoms with Gasteiger partial charge in [-0.05, 0) is 48.9 Å². The van der Waals surface area contributed by atoms with E-state index in [1.54, 1.807) is 11.0 Å². The number of hydrogen-bond acceptors (Lipinski definition) is 2. The van der Waals surface area contributed by atoms with Crippen LogP contribution in [-0.2, 0) is 4.79 Å². The number of carboxylic acid groups (broad SMARTS) is 1. The highest BCUT2D eigenvalue weighted by Gasteiger charge is 2.49. The van der Waals surface area contributed by atoms with Crippen LogP contribution in [0, 0.1) is 11.8 Å². The van der Waals surface area contributed by atoms with Gasteiger partial charge in [0.1, 0.15) is 11.7 Å². The topological polar surface area (TPSA) is 73.4 Å². The van der Waals surface area contributed by atoms with Crippen LogP contribution in [0.15, 0.2) is 28.7 Å². The SMILES string of the molecule is O=C(O)C1C2CCCC2CN1C(=O)c1cc2cc(Br)ccc2[nH]1. The number of carbonyl (C=O) groups is 2. The molecule has 3 atom stereocenters. The molecule has 1 aliphatic carbocycles. The predicted molar refractivity (Wildman–Crippen MR) is 89.3 cm³/mol. The average Bonchev–Trinajstić information content (AvgIpc) is 3.18. The number of aliphatic carboxylic acids is 1. The van der Waals surface area contributed by atoms with E-state index in [4.69, 9.17) is 0 Å². The lowest BCUT2D eigenvalue weighted by molar-refractivity contribution is -0.142. The van der Waals surface area contributed by atoms with Crippen molar-refractivity contribution in [3.05, 3.63) is 34.4 Å². The maximum atomic E-state index is 12.9. The van der Waals surface area contributed by atoms with Crippen LogP contribution in [0.25, 0.3) is 10.9 Å². The number of H-pyrrole nitrogens is 1. The number of carboxylic acids is 1. The van der Waals surface area contributed by atoms with E-state index in [0.29, 0.717) is 18.2 Å². The number of carbonyl (C=O) groups excluding carboxylic acids is 1. The third-order valence-corrected chi connectivity index (χ3v) is 5.71. The maximum Gasteiger partial charge on any atom is 0.326 e. The minimum absolute atomic E-state index is 0.106. The molecule has 1 aliphatic heterocycles. The molecule has 0 bridgehead atoms. The smallest absolute Gasteiger partial charge is 0.326 e. The van der Waals surface area contributed by atoms with E-state index in [9.17, 15) is 14.7 Å². The lowest BCUT2D eigenvalue weighted by atomic mass is 9.94. The van der Waals surface area contributed by atoms with Gasteiger partial charge in [-0.25, -0.2) is 4.79 Å². The van der Waals surface area contributed by atoms with Gasteiger partial charge in [0.25, 0.3) is 5.91 Å². The molecular weight excluding hydrogens is 360 g/mol. The molecule has 6 heteroatoms. The van der Waals surface area contributed by atoms with Crippen LogP contribution in [0.5, 0.6) is 0 Å². The minimum Gasteiger partial charge on any atom is -0.480 e. The summed E-state index contributed by atoms with van der Waals surface area (Å²) in [5.41, 5.74) is 1.34. The third kappa shape index (κ3) is 2.36. The molecular formula is C17H17BrN2O3. The summed E-state index contributed by atoms with van der Waals surface area (Å²) in [5.74, 6) is -0.653. The molecule has 1 saturated carbocycles. The number of halogens is 1. The Hall–Kier alpha value is -1.82. The van der Waals surface area contributed by atoms with Gasteiger partial charge in [-0.3, -0.25) is 4.79 Å². The van der Waals surface area contributed by atoms with E-state index >= 15 is 0 Å². The monoisotopic (exact) mass is 376 g/mol. The van der Waals surface area contributed by atoms with E-state index in [-0.39, 0.29) is 11.8 Å². The van der Waals surface area contributed by atoms with Crippen LogP contribution in [0.3, 0.4) is 0 Å². The second kappa shape index (κ2) is 5.37. The van der Waals surface area contributed by atoms with Gasteiger partial charge in [0, 0.05) is 21.9 Å². The van der Waals surface area contributed by atoms with E-state index in [2.05, 4.69) is 20.9 Å². The number of aromatic amines is 1. The zero-order valence-corrected chi connectivity index (χ0v) is 14.0. The van der Waals surface area contributed by atoms with Crippen molar-refractivity contribution in [3.63, 3.8) is 0 Å². The summed E-state index contributed by atoms with van der Waals surface area (Å²) in [6.45, 7) is 0.555. The molecule has 0 spiro atoms. The largest absolute Gasteiger partial charge is 0.480 e. The quantitative estimate of drug-likeness (QED) is 0.844. The summed E-state index contributed by atoms with van der Waals surface area (Å²) in [4.78, 5) is 29.2. The van der Waals surface area contributed by atoms with Crippen molar-refractivity contribution in [2.75, 3.05) is 6.54 Å². The fraction of sp³-hybridized carbons (Fsp3) is 0.412. The lowest BCUT2D eigenvalue weighted by Gasteiger charge is -2.23. The highest BCUT2D eigenvalue weighted by atomic mass is 79.9. The van der Waals surface area contributed by atoms with E-state index in [0.717, 1.165) is 34.6 Å². The molecule has 120 valence electrons. The van der Waals surface area contributed by atoms with Crippen LogP contribution < -0.4 is 0 Å². The molecule has 5 nitrogen and oxygen atoms in total. The van der Waals surface area contributed by atoms with Gasteiger partial charge in [-0.15, -0.1) is 0 Å². The van der Waals surface area contributed by atoms with Crippen LogP contribution in [0.1, 0.15) is 29.8 Å². The molecule has 1 aromatic carbocycles. The Morgan fingerprint density at radius 2 is 2.09 bits per heavy atom. The van der Waals surface area contributed by atoms with E-state index in [1.165, 1.54) is 0 Å². The molecule has 1 saturated heterocycles. The Morgan fingerprint density at radius 1 is 1.26 bits per heavy atom. The third-order valence-electron chi connectivity index (χ3n) is 5.22. The second-order valence-electron chi connectivity index (χ2n) is 6.51. The number of hydrogen-bond donors (Lipinski definition) is 2. The Labute approximate surface area is 141 Å². The van der Waals surface area contributed by atoms with Crippen molar-refractivity contribution in [2.45, 2.75) is 25.3 Å². The van der Waals surface area contributed by atoms with Crippen molar-refractivity contribution in [1.29, 1.82) is 0 Å². The van der Waals surface area contributed by atoms with Crippen LogP contribution in [-0.4, -0.2) is 39.5 Å². The zero-order valence-electron chi connectivity index (χ0n) is 12.5. The minimum atomic E-state index is -0.883. The Morgan fingerprint density at radius 3 is 2.87 bits per heavy atom. The van der Waals surface area contributed by atoms with Crippen LogP contribution in [0.4, 0.5) is 0 Å². The number of amides is 1. The average molecular weight is 377 g/mol. The first-order chi connectivity index (χ1) is 11.0. The standard InChI is InChI=1S/C17H17BrN2O3/c18-11-4-5-13-10(6-11)7-14(19-13)16(21)20-8-9-2-1-3-12(9)15(20)17(22)23/h4-7,9,12,15,19H,1-3,8H2,(H,22,23). The first-order valence-electron chi connectivity index (χ1n) is 7.86. The molecule has 2 fully saturated rings. The van der Waals surface area contributed by atoms with Crippen LogP contribution >= 0.6 is 15.9 Å². The molecule has 23 heavy (non-hydrogen) atoms. The van der Waals surface area contributed by atoms with Gasteiger partial charge in [0.2, 0.25) is 0 Å². The van der Waals surface area contributed by atoms with Gasteiger partial charge >= 0.3 is 5.97 Å². The summed E-state index contributed by atoms with van der Waals surface area (Å²) in [6.07, 6.45) is 3.00. The van der Waals surface area contributed by atoms with Crippen molar-refractivity contribution in [3.8, 4) is 0 Å². The number of aromatic nitrogens is 1. The zero-order chi connectivity index (χ0) is 16.1. The number of rotatable bonds is 2. The predicted octanol–water partition coefficient (Wildman–Crippen LogP) is 3.26. The summed E-state index contributed by atoms with van der Waals surface area (Å²) < 4.78 is 0.946. The fourth-order valence-electron chi connectivity index (χ4n) is 4.20. The summed E-state index contributed by atoms with van der Waals surface area (Å²) in [6, 6.07) is 6.87. The second-order valence-corrected chi connectivity index (χ2v) is 7.43. The first-order valence-corrected chi connectivity index (χ1v) is 8.66. The Kier molecular flexibility index (Phi) is 3.44. The number of nitrogens with one attached hydrogen (secondary N) is 1.